The summed E-state index contributed by atoms with van der Waals surface area (Å²) in [5, 5.41) is 4.60. The Morgan fingerprint density at radius 3 is 2.85 bits per heavy atom. The number of anilines is 1. The Morgan fingerprint density at radius 2 is 2.12 bits per heavy atom. The summed E-state index contributed by atoms with van der Waals surface area (Å²) in [4.78, 5) is 21.7. The first-order valence-electron chi connectivity index (χ1n) is 8.34. The van der Waals surface area contributed by atoms with Gasteiger partial charge in [-0.15, -0.1) is 0 Å². The van der Waals surface area contributed by atoms with Gasteiger partial charge in [-0.1, -0.05) is 16.8 Å². The van der Waals surface area contributed by atoms with Crippen LogP contribution in [0, 0.1) is 5.82 Å². The molecule has 0 aliphatic carbocycles. The van der Waals surface area contributed by atoms with Crippen LogP contribution >= 0.6 is 11.6 Å². The molecule has 1 amide bonds. The number of aromatic amines is 1. The maximum atomic E-state index is 13.1. The lowest BCUT2D eigenvalue weighted by Gasteiger charge is -2.20. The Labute approximate surface area is 154 Å². The monoisotopic (exact) mass is 374 g/mol. The number of hydrogen-bond donors (Lipinski definition) is 1. The average Bonchev–Trinajstić information content (AvgIpc) is 3.23. The fourth-order valence-corrected chi connectivity index (χ4v) is 3.32. The molecule has 1 atom stereocenters. The van der Waals surface area contributed by atoms with Crippen molar-refractivity contribution in [1.82, 2.24) is 15.1 Å². The number of rotatable bonds is 3. The highest BCUT2D eigenvalue weighted by atomic mass is 35.5. The van der Waals surface area contributed by atoms with Crippen molar-refractivity contribution in [1.29, 1.82) is 0 Å². The summed E-state index contributed by atoms with van der Waals surface area (Å²) in [7, 11) is 0. The average molecular weight is 375 g/mol. The van der Waals surface area contributed by atoms with E-state index in [1.807, 2.05) is 0 Å². The summed E-state index contributed by atoms with van der Waals surface area (Å²) >= 11 is 5.90. The SMILES string of the molecule is O=C1CC(c2noc(-c3cc(Cl)c[nH]3)n2)CCCN1c1ccc(F)cc1. The van der Waals surface area contributed by atoms with E-state index in [0.717, 1.165) is 12.8 Å². The van der Waals surface area contributed by atoms with E-state index < -0.39 is 0 Å². The fraction of sp³-hybridized carbons (Fsp3) is 0.278. The van der Waals surface area contributed by atoms with Gasteiger partial charge in [-0.25, -0.2) is 4.39 Å². The van der Waals surface area contributed by atoms with E-state index in [1.165, 1.54) is 12.1 Å². The molecule has 0 spiro atoms. The van der Waals surface area contributed by atoms with Crippen LogP contribution in [0.3, 0.4) is 0 Å². The first-order chi connectivity index (χ1) is 12.6. The molecule has 1 aliphatic rings. The number of halogens is 2. The Bertz CT molecular complexity index is 921. The quantitative estimate of drug-likeness (QED) is 0.747. The molecule has 26 heavy (non-hydrogen) atoms. The van der Waals surface area contributed by atoms with Crippen molar-refractivity contribution in [2.24, 2.45) is 0 Å². The van der Waals surface area contributed by atoms with Crippen LogP contribution in [0.15, 0.2) is 41.1 Å². The van der Waals surface area contributed by atoms with Crippen LogP contribution in [0.25, 0.3) is 11.6 Å². The van der Waals surface area contributed by atoms with E-state index in [2.05, 4.69) is 15.1 Å². The smallest absolute Gasteiger partial charge is 0.274 e. The summed E-state index contributed by atoms with van der Waals surface area (Å²) in [6.07, 6.45) is 3.48. The van der Waals surface area contributed by atoms with Gasteiger partial charge in [0, 0.05) is 30.8 Å². The molecule has 1 N–H and O–H groups in total. The minimum absolute atomic E-state index is 0.0339. The summed E-state index contributed by atoms with van der Waals surface area (Å²) in [5.74, 6) is 0.390. The minimum atomic E-state index is -0.322. The van der Waals surface area contributed by atoms with Crippen LogP contribution < -0.4 is 4.90 Å². The molecular weight excluding hydrogens is 359 g/mol. The molecule has 8 heteroatoms. The zero-order chi connectivity index (χ0) is 18.1. The second-order valence-corrected chi connectivity index (χ2v) is 6.69. The van der Waals surface area contributed by atoms with Crippen molar-refractivity contribution in [2.75, 3.05) is 11.4 Å². The molecule has 0 bridgehead atoms. The highest BCUT2D eigenvalue weighted by Crippen LogP contribution is 2.31. The van der Waals surface area contributed by atoms with E-state index in [4.69, 9.17) is 16.1 Å². The molecule has 1 fully saturated rings. The number of H-pyrrole nitrogens is 1. The molecule has 0 saturated carbocycles. The van der Waals surface area contributed by atoms with Gasteiger partial charge in [0.15, 0.2) is 5.82 Å². The second kappa shape index (κ2) is 6.92. The molecule has 1 saturated heterocycles. The zero-order valence-corrected chi connectivity index (χ0v) is 14.5. The van der Waals surface area contributed by atoms with Gasteiger partial charge in [-0.2, -0.15) is 4.98 Å². The van der Waals surface area contributed by atoms with E-state index in [0.29, 0.717) is 34.7 Å². The lowest BCUT2D eigenvalue weighted by molar-refractivity contribution is -0.118. The first-order valence-corrected chi connectivity index (χ1v) is 8.72. The molecule has 3 heterocycles. The third-order valence-electron chi connectivity index (χ3n) is 4.48. The topological polar surface area (TPSA) is 75.0 Å². The van der Waals surface area contributed by atoms with Crippen molar-refractivity contribution in [3.63, 3.8) is 0 Å². The molecule has 4 rings (SSSR count). The lowest BCUT2D eigenvalue weighted by Crippen LogP contribution is -2.30. The van der Waals surface area contributed by atoms with E-state index in [1.54, 1.807) is 29.3 Å². The predicted octanol–water partition coefficient (Wildman–Crippen LogP) is 4.16. The highest BCUT2D eigenvalue weighted by Gasteiger charge is 2.28. The number of nitrogens with zero attached hydrogens (tertiary/aromatic N) is 3. The van der Waals surface area contributed by atoms with Crippen LogP contribution in [0.5, 0.6) is 0 Å². The van der Waals surface area contributed by atoms with Gasteiger partial charge < -0.3 is 14.4 Å². The van der Waals surface area contributed by atoms with Crippen molar-refractivity contribution < 1.29 is 13.7 Å². The third-order valence-corrected chi connectivity index (χ3v) is 4.70. The van der Waals surface area contributed by atoms with Gasteiger partial charge in [-0.05, 0) is 43.2 Å². The Hall–Kier alpha value is -2.67. The molecule has 0 radical (unpaired) electrons. The van der Waals surface area contributed by atoms with Crippen LogP contribution in [-0.4, -0.2) is 27.6 Å². The summed E-state index contributed by atoms with van der Waals surface area (Å²) in [6, 6.07) is 7.66. The molecule has 6 nitrogen and oxygen atoms in total. The number of benzene rings is 1. The third kappa shape index (κ3) is 3.35. The summed E-state index contributed by atoms with van der Waals surface area (Å²) in [6.45, 7) is 0.581. The molecule has 1 aromatic carbocycles. The van der Waals surface area contributed by atoms with Crippen LogP contribution in [-0.2, 0) is 4.79 Å². The van der Waals surface area contributed by atoms with E-state index >= 15 is 0 Å². The number of carbonyl (C=O) groups excluding carboxylic acids is 1. The van der Waals surface area contributed by atoms with E-state index in [-0.39, 0.29) is 24.1 Å². The number of hydrogen-bond acceptors (Lipinski definition) is 4. The normalized spacial score (nSPS) is 18.2. The van der Waals surface area contributed by atoms with Crippen molar-refractivity contribution in [3.8, 4) is 11.6 Å². The summed E-state index contributed by atoms with van der Waals surface area (Å²) in [5.41, 5.74) is 1.34. The fourth-order valence-electron chi connectivity index (χ4n) is 3.16. The van der Waals surface area contributed by atoms with Gasteiger partial charge in [0.2, 0.25) is 5.91 Å². The van der Waals surface area contributed by atoms with Crippen LogP contribution in [0.2, 0.25) is 5.02 Å². The lowest BCUT2D eigenvalue weighted by atomic mass is 10.00. The van der Waals surface area contributed by atoms with Gasteiger partial charge in [-0.3, -0.25) is 4.79 Å². The second-order valence-electron chi connectivity index (χ2n) is 6.25. The number of nitrogens with one attached hydrogen (secondary N) is 1. The minimum Gasteiger partial charge on any atom is -0.356 e. The van der Waals surface area contributed by atoms with Crippen LogP contribution in [0.4, 0.5) is 10.1 Å². The van der Waals surface area contributed by atoms with Gasteiger partial charge in [0.05, 0.1) is 5.02 Å². The Balaban J connectivity index is 1.52. The number of amides is 1. The highest BCUT2D eigenvalue weighted by molar-refractivity contribution is 6.30. The Morgan fingerprint density at radius 1 is 1.31 bits per heavy atom. The van der Waals surface area contributed by atoms with Crippen molar-refractivity contribution >= 4 is 23.2 Å². The van der Waals surface area contributed by atoms with Crippen molar-refractivity contribution in [2.45, 2.75) is 25.2 Å². The number of carbonyl (C=O) groups is 1. The maximum absolute atomic E-state index is 13.1. The maximum Gasteiger partial charge on any atom is 0.274 e. The van der Waals surface area contributed by atoms with Gasteiger partial charge in [0.1, 0.15) is 11.5 Å². The molecular formula is C18H16ClFN4O2. The molecule has 2 aromatic heterocycles. The molecule has 1 aliphatic heterocycles. The molecule has 134 valence electrons. The summed E-state index contributed by atoms with van der Waals surface area (Å²) < 4.78 is 18.4. The van der Waals surface area contributed by atoms with Crippen molar-refractivity contribution in [3.05, 3.63) is 53.2 Å². The predicted molar refractivity (Wildman–Crippen MR) is 94.4 cm³/mol. The van der Waals surface area contributed by atoms with Gasteiger partial charge in [0.25, 0.3) is 5.89 Å². The zero-order valence-electron chi connectivity index (χ0n) is 13.8. The Kier molecular flexibility index (Phi) is 4.46. The standard InChI is InChI=1S/C18H16ClFN4O2/c19-12-9-15(21-10-12)18-22-17(23-26-18)11-2-1-7-24(16(25)8-11)14-5-3-13(20)4-6-14/h3-6,9-11,21H,1-2,7-8H2. The van der Waals surface area contributed by atoms with Crippen LogP contribution in [0.1, 0.15) is 31.0 Å². The molecule has 1 unspecified atom stereocenters. The number of aromatic nitrogens is 3. The first kappa shape index (κ1) is 16.8. The van der Waals surface area contributed by atoms with Gasteiger partial charge >= 0.3 is 0 Å². The molecule has 3 aromatic rings. The van der Waals surface area contributed by atoms with E-state index in [9.17, 15) is 9.18 Å². The largest absolute Gasteiger partial charge is 0.356 e.